The average Bonchev–Trinajstić information content (AvgIpc) is 2.16. The normalized spacial score (nSPS) is 25.8. The van der Waals surface area contributed by atoms with Crippen molar-refractivity contribution in [1.29, 1.82) is 0 Å². The number of carbonyl (C=O) groups excluding carboxylic acids is 1. The van der Waals surface area contributed by atoms with Gasteiger partial charge in [0.25, 0.3) is 5.91 Å². The largest absolute Gasteiger partial charge is 0.372 e. The highest BCUT2D eigenvalue weighted by molar-refractivity contribution is 7.99. The molecule has 2 unspecified atom stereocenters. The lowest BCUT2D eigenvalue weighted by atomic mass is 10.2. The number of nitrogens with zero attached hydrogens (tertiary/aromatic N) is 1. The SMILES string of the molecule is COC(C)C(=O)N1CCSCC1C. The summed E-state index contributed by atoms with van der Waals surface area (Å²) in [5.41, 5.74) is 0. The van der Waals surface area contributed by atoms with E-state index in [1.807, 2.05) is 16.7 Å². The summed E-state index contributed by atoms with van der Waals surface area (Å²) in [5, 5.41) is 0. The van der Waals surface area contributed by atoms with Crippen molar-refractivity contribution < 1.29 is 9.53 Å². The molecular formula is C9H17NO2S. The third kappa shape index (κ3) is 2.61. The van der Waals surface area contributed by atoms with Gasteiger partial charge in [-0.2, -0.15) is 11.8 Å². The van der Waals surface area contributed by atoms with E-state index in [1.165, 1.54) is 0 Å². The Labute approximate surface area is 83.8 Å². The summed E-state index contributed by atoms with van der Waals surface area (Å²) in [5.74, 6) is 2.21. The molecule has 0 spiro atoms. The molecule has 0 aromatic carbocycles. The fraction of sp³-hybridized carbons (Fsp3) is 0.889. The van der Waals surface area contributed by atoms with Crippen molar-refractivity contribution in [2.75, 3.05) is 25.2 Å². The molecule has 1 fully saturated rings. The van der Waals surface area contributed by atoms with Crippen molar-refractivity contribution >= 4 is 17.7 Å². The van der Waals surface area contributed by atoms with E-state index in [1.54, 1.807) is 14.0 Å². The number of ether oxygens (including phenoxy) is 1. The van der Waals surface area contributed by atoms with Gasteiger partial charge in [-0.3, -0.25) is 4.79 Å². The lowest BCUT2D eigenvalue weighted by Gasteiger charge is -2.34. The summed E-state index contributed by atoms with van der Waals surface area (Å²) in [6.07, 6.45) is -0.300. The first kappa shape index (κ1) is 10.9. The number of amides is 1. The predicted molar refractivity (Wildman–Crippen MR) is 55.0 cm³/mol. The highest BCUT2D eigenvalue weighted by Gasteiger charge is 2.26. The number of rotatable bonds is 2. The molecule has 1 saturated heterocycles. The Bertz CT molecular complexity index is 186. The first-order valence-electron chi connectivity index (χ1n) is 4.58. The van der Waals surface area contributed by atoms with E-state index in [0.717, 1.165) is 18.1 Å². The van der Waals surface area contributed by atoms with Gasteiger partial charge in [0.1, 0.15) is 6.10 Å². The maximum absolute atomic E-state index is 11.7. The lowest BCUT2D eigenvalue weighted by molar-refractivity contribution is -0.142. The Kier molecular flexibility index (Phi) is 4.06. The van der Waals surface area contributed by atoms with Crippen LogP contribution in [0.5, 0.6) is 0 Å². The zero-order chi connectivity index (χ0) is 9.84. The van der Waals surface area contributed by atoms with Crippen molar-refractivity contribution in [3.63, 3.8) is 0 Å². The first-order valence-corrected chi connectivity index (χ1v) is 5.73. The lowest BCUT2D eigenvalue weighted by Crippen LogP contribution is -2.48. The molecule has 1 aliphatic heterocycles. The molecule has 0 bridgehead atoms. The van der Waals surface area contributed by atoms with Gasteiger partial charge in [-0.15, -0.1) is 0 Å². The molecule has 3 nitrogen and oxygen atoms in total. The molecule has 76 valence electrons. The molecule has 0 N–H and O–H groups in total. The van der Waals surface area contributed by atoms with Gasteiger partial charge in [-0.05, 0) is 13.8 Å². The second kappa shape index (κ2) is 4.86. The molecule has 1 amide bonds. The van der Waals surface area contributed by atoms with Crippen molar-refractivity contribution in [3.05, 3.63) is 0 Å². The van der Waals surface area contributed by atoms with E-state index in [2.05, 4.69) is 6.92 Å². The minimum Gasteiger partial charge on any atom is -0.372 e. The van der Waals surface area contributed by atoms with E-state index in [0.29, 0.717) is 6.04 Å². The number of hydrogen-bond donors (Lipinski definition) is 0. The van der Waals surface area contributed by atoms with E-state index in [-0.39, 0.29) is 12.0 Å². The first-order chi connectivity index (χ1) is 6.16. The van der Waals surface area contributed by atoms with Gasteiger partial charge >= 0.3 is 0 Å². The minimum atomic E-state index is -0.300. The zero-order valence-corrected chi connectivity index (χ0v) is 9.26. The third-order valence-electron chi connectivity index (χ3n) is 2.35. The topological polar surface area (TPSA) is 29.5 Å². The number of hydrogen-bond acceptors (Lipinski definition) is 3. The monoisotopic (exact) mass is 203 g/mol. The Balaban J connectivity index is 2.53. The van der Waals surface area contributed by atoms with Crippen LogP contribution in [0.1, 0.15) is 13.8 Å². The molecule has 1 rings (SSSR count). The Morgan fingerprint density at radius 3 is 2.92 bits per heavy atom. The summed E-state index contributed by atoms with van der Waals surface area (Å²) in [6.45, 7) is 4.75. The van der Waals surface area contributed by atoms with Crippen LogP contribution in [0, 0.1) is 0 Å². The van der Waals surface area contributed by atoms with Crippen LogP contribution in [0.3, 0.4) is 0 Å². The quantitative estimate of drug-likeness (QED) is 0.670. The maximum atomic E-state index is 11.7. The molecule has 1 heterocycles. The molecule has 0 aromatic heterocycles. The Morgan fingerprint density at radius 1 is 1.69 bits per heavy atom. The fourth-order valence-corrected chi connectivity index (χ4v) is 2.40. The van der Waals surface area contributed by atoms with Crippen LogP contribution in [0.25, 0.3) is 0 Å². The Morgan fingerprint density at radius 2 is 2.38 bits per heavy atom. The van der Waals surface area contributed by atoms with Crippen LogP contribution in [-0.2, 0) is 9.53 Å². The van der Waals surface area contributed by atoms with E-state index >= 15 is 0 Å². The van der Waals surface area contributed by atoms with Gasteiger partial charge in [-0.25, -0.2) is 0 Å². The van der Waals surface area contributed by atoms with Crippen LogP contribution in [-0.4, -0.2) is 48.1 Å². The van der Waals surface area contributed by atoms with Gasteiger partial charge in [0.2, 0.25) is 0 Å². The highest BCUT2D eigenvalue weighted by Crippen LogP contribution is 2.17. The molecule has 4 heteroatoms. The number of thioether (sulfide) groups is 1. The smallest absolute Gasteiger partial charge is 0.251 e. The maximum Gasteiger partial charge on any atom is 0.251 e. The van der Waals surface area contributed by atoms with E-state index in [4.69, 9.17) is 4.74 Å². The van der Waals surface area contributed by atoms with Crippen LogP contribution in [0.15, 0.2) is 0 Å². The molecule has 0 aromatic rings. The summed E-state index contributed by atoms with van der Waals surface area (Å²) in [7, 11) is 1.58. The van der Waals surface area contributed by atoms with Crippen LogP contribution < -0.4 is 0 Å². The number of carbonyl (C=O) groups is 1. The van der Waals surface area contributed by atoms with Crippen molar-refractivity contribution in [2.45, 2.75) is 26.0 Å². The third-order valence-corrected chi connectivity index (χ3v) is 3.54. The standard InChI is InChI=1S/C9H17NO2S/c1-7-6-13-5-4-10(7)9(11)8(2)12-3/h7-8H,4-6H2,1-3H3. The number of methoxy groups -OCH3 is 1. The van der Waals surface area contributed by atoms with Gasteiger partial charge in [0.15, 0.2) is 0 Å². The van der Waals surface area contributed by atoms with Gasteiger partial charge < -0.3 is 9.64 Å². The van der Waals surface area contributed by atoms with Gasteiger partial charge in [0, 0.05) is 31.2 Å². The second-order valence-electron chi connectivity index (χ2n) is 3.33. The molecule has 0 radical (unpaired) electrons. The summed E-state index contributed by atoms with van der Waals surface area (Å²) in [6, 6.07) is 0.351. The van der Waals surface area contributed by atoms with Crippen LogP contribution >= 0.6 is 11.8 Å². The fourth-order valence-electron chi connectivity index (χ4n) is 1.39. The van der Waals surface area contributed by atoms with E-state index in [9.17, 15) is 4.79 Å². The predicted octanol–water partition coefficient (Wildman–Crippen LogP) is 0.985. The molecule has 1 aliphatic rings. The zero-order valence-electron chi connectivity index (χ0n) is 8.45. The van der Waals surface area contributed by atoms with Crippen LogP contribution in [0.4, 0.5) is 0 Å². The van der Waals surface area contributed by atoms with Gasteiger partial charge in [0.05, 0.1) is 0 Å². The van der Waals surface area contributed by atoms with E-state index < -0.39 is 0 Å². The summed E-state index contributed by atoms with van der Waals surface area (Å²) < 4.78 is 5.02. The molecule has 2 atom stereocenters. The molecular weight excluding hydrogens is 186 g/mol. The van der Waals surface area contributed by atoms with Crippen LogP contribution in [0.2, 0.25) is 0 Å². The van der Waals surface area contributed by atoms with Gasteiger partial charge in [-0.1, -0.05) is 0 Å². The Hall–Kier alpha value is -0.220. The molecule has 13 heavy (non-hydrogen) atoms. The minimum absolute atomic E-state index is 0.121. The molecule has 0 saturated carbocycles. The van der Waals surface area contributed by atoms with Crippen molar-refractivity contribution in [1.82, 2.24) is 4.90 Å². The van der Waals surface area contributed by atoms with Crippen molar-refractivity contribution in [2.24, 2.45) is 0 Å². The summed E-state index contributed by atoms with van der Waals surface area (Å²) >= 11 is 1.91. The highest BCUT2D eigenvalue weighted by atomic mass is 32.2. The molecule has 0 aliphatic carbocycles. The average molecular weight is 203 g/mol. The van der Waals surface area contributed by atoms with Crippen molar-refractivity contribution in [3.8, 4) is 0 Å². The summed E-state index contributed by atoms with van der Waals surface area (Å²) in [4.78, 5) is 13.7. The second-order valence-corrected chi connectivity index (χ2v) is 4.48.